The normalized spacial score (nSPS) is 8.67. The van der Waals surface area contributed by atoms with Crippen molar-refractivity contribution in [3.8, 4) is 18.2 Å². The van der Waals surface area contributed by atoms with Gasteiger partial charge in [0.05, 0.1) is 4.47 Å². The fourth-order valence-electron chi connectivity index (χ4n) is 1.21. The largest absolute Gasteiger partial charge is 0.345 e. The van der Waals surface area contributed by atoms with Gasteiger partial charge in [-0.05, 0) is 40.5 Å². The summed E-state index contributed by atoms with van der Waals surface area (Å²) in [5.41, 5.74) is 0.500. The lowest BCUT2D eigenvalue weighted by atomic mass is 10.1. The van der Waals surface area contributed by atoms with Gasteiger partial charge >= 0.3 is 0 Å². The molecular weight excluding hydrogens is 299 g/mol. The van der Waals surface area contributed by atoms with Crippen LogP contribution in [0.2, 0.25) is 0 Å². The van der Waals surface area contributed by atoms with Gasteiger partial charge in [0.15, 0.2) is 5.57 Å². The van der Waals surface area contributed by atoms with Crippen molar-refractivity contribution >= 4 is 21.6 Å². The van der Waals surface area contributed by atoms with Crippen LogP contribution >= 0.6 is 15.9 Å². The zero-order valence-electron chi connectivity index (χ0n) is 9.25. The van der Waals surface area contributed by atoms with Crippen LogP contribution in [0.25, 0.3) is 0 Å². The molecule has 0 saturated heterocycles. The molecule has 1 aromatic carbocycles. The van der Waals surface area contributed by atoms with E-state index in [4.69, 9.17) is 15.8 Å². The van der Waals surface area contributed by atoms with Crippen LogP contribution < -0.4 is 5.32 Å². The second-order valence-corrected chi connectivity index (χ2v) is 4.04. The molecule has 18 heavy (non-hydrogen) atoms. The SMILES string of the molecule is Cc1c(NC(C#N)=C(C#N)C#N)ccc(F)c1Br. The molecule has 0 spiro atoms. The van der Waals surface area contributed by atoms with E-state index in [9.17, 15) is 4.39 Å². The van der Waals surface area contributed by atoms with Gasteiger partial charge in [0.1, 0.15) is 29.7 Å². The third-order valence-corrected chi connectivity index (χ3v) is 3.16. The van der Waals surface area contributed by atoms with Crippen LogP contribution in [0.15, 0.2) is 27.9 Å². The van der Waals surface area contributed by atoms with Crippen LogP contribution in [-0.2, 0) is 0 Å². The summed E-state index contributed by atoms with van der Waals surface area (Å²) in [7, 11) is 0. The van der Waals surface area contributed by atoms with E-state index < -0.39 is 5.82 Å². The minimum atomic E-state index is -0.429. The number of benzene rings is 1. The minimum absolute atomic E-state index is 0.165. The Kier molecular flexibility index (Phi) is 4.43. The zero-order valence-corrected chi connectivity index (χ0v) is 10.8. The molecule has 1 rings (SSSR count). The van der Waals surface area contributed by atoms with Gasteiger partial charge in [-0.1, -0.05) is 0 Å². The van der Waals surface area contributed by atoms with E-state index in [0.29, 0.717) is 11.3 Å². The first-order valence-corrected chi connectivity index (χ1v) is 5.50. The van der Waals surface area contributed by atoms with Gasteiger partial charge in [0.2, 0.25) is 0 Å². The van der Waals surface area contributed by atoms with E-state index in [-0.39, 0.29) is 15.7 Å². The Balaban J connectivity index is 3.26. The van der Waals surface area contributed by atoms with Crippen molar-refractivity contribution in [1.82, 2.24) is 0 Å². The molecule has 0 saturated carbocycles. The average Bonchev–Trinajstić information content (AvgIpc) is 2.38. The molecule has 0 aromatic heterocycles. The van der Waals surface area contributed by atoms with Gasteiger partial charge in [-0.3, -0.25) is 0 Å². The average molecular weight is 305 g/mol. The van der Waals surface area contributed by atoms with Crippen LogP contribution in [-0.4, -0.2) is 0 Å². The Morgan fingerprint density at radius 2 is 1.83 bits per heavy atom. The molecule has 0 radical (unpaired) electrons. The molecule has 0 unspecified atom stereocenters. The third-order valence-electron chi connectivity index (χ3n) is 2.18. The molecule has 0 bridgehead atoms. The van der Waals surface area contributed by atoms with Gasteiger partial charge < -0.3 is 5.32 Å². The Morgan fingerprint density at radius 3 is 2.33 bits per heavy atom. The summed E-state index contributed by atoms with van der Waals surface area (Å²) < 4.78 is 13.5. The maximum Gasteiger partial charge on any atom is 0.163 e. The van der Waals surface area contributed by atoms with E-state index >= 15 is 0 Å². The first kappa shape index (κ1) is 13.7. The number of nitriles is 3. The molecule has 4 nitrogen and oxygen atoms in total. The maximum atomic E-state index is 13.2. The topological polar surface area (TPSA) is 83.4 Å². The summed E-state index contributed by atoms with van der Waals surface area (Å²) in [5.74, 6) is -0.429. The first-order chi connectivity index (χ1) is 8.54. The number of allylic oxidation sites excluding steroid dienone is 2. The van der Waals surface area contributed by atoms with E-state index in [1.807, 2.05) is 0 Å². The molecule has 1 N–H and O–H groups in total. The lowest BCUT2D eigenvalue weighted by Gasteiger charge is -2.10. The zero-order chi connectivity index (χ0) is 13.7. The first-order valence-electron chi connectivity index (χ1n) is 4.71. The Morgan fingerprint density at radius 1 is 1.22 bits per heavy atom. The lowest BCUT2D eigenvalue weighted by Crippen LogP contribution is -2.03. The van der Waals surface area contributed by atoms with Crippen molar-refractivity contribution in [1.29, 1.82) is 15.8 Å². The number of hydrogen-bond acceptors (Lipinski definition) is 4. The summed E-state index contributed by atoms with van der Waals surface area (Å²) >= 11 is 3.07. The second kappa shape index (κ2) is 5.82. The molecule has 0 atom stereocenters. The molecular formula is C12H6BrFN4. The van der Waals surface area contributed by atoms with Crippen LogP contribution in [0.3, 0.4) is 0 Å². The molecule has 0 heterocycles. The summed E-state index contributed by atoms with van der Waals surface area (Å²) in [6.45, 7) is 1.64. The van der Waals surface area contributed by atoms with Crippen LogP contribution in [0.4, 0.5) is 10.1 Å². The standard InChI is InChI=1S/C12H6BrFN4/c1-7-10(3-2-9(14)12(7)13)18-11(6-17)8(4-15)5-16/h2-3,18H,1H3. The summed E-state index contributed by atoms with van der Waals surface area (Å²) in [6, 6.07) is 7.61. The lowest BCUT2D eigenvalue weighted by molar-refractivity contribution is 0.620. The Hall–Kier alpha value is -2.36. The van der Waals surface area contributed by atoms with Crippen molar-refractivity contribution in [2.45, 2.75) is 6.92 Å². The van der Waals surface area contributed by atoms with Crippen LogP contribution in [0.1, 0.15) is 5.56 Å². The minimum Gasteiger partial charge on any atom is -0.345 e. The predicted molar refractivity (Wildman–Crippen MR) is 66.3 cm³/mol. The molecule has 0 aliphatic carbocycles. The summed E-state index contributed by atoms with van der Waals surface area (Å²) in [5, 5.41) is 28.9. The maximum absolute atomic E-state index is 13.2. The Labute approximate surface area is 112 Å². The van der Waals surface area contributed by atoms with E-state index in [2.05, 4.69) is 21.2 Å². The van der Waals surface area contributed by atoms with Crippen molar-refractivity contribution in [2.24, 2.45) is 0 Å². The highest BCUT2D eigenvalue weighted by molar-refractivity contribution is 9.10. The quantitative estimate of drug-likeness (QED) is 0.851. The van der Waals surface area contributed by atoms with E-state index in [1.54, 1.807) is 25.1 Å². The van der Waals surface area contributed by atoms with Crippen molar-refractivity contribution in [3.63, 3.8) is 0 Å². The Bertz CT molecular complexity index is 628. The van der Waals surface area contributed by atoms with Crippen molar-refractivity contribution < 1.29 is 4.39 Å². The molecule has 1 aromatic rings. The number of rotatable bonds is 2. The molecule has 88 valence electrons. The number of anilines is 1. The van der Waals surface area contributed by atoms with Gasteiger partial charge in [0, 0.05) is 5.69 Å². The number of nitrogens with one attached hydrogen (secondary N) is 1. The van der Waals surface area contributed by atoms with Gasteiger partial charge in [-0.2, -0.15) is 15.8 Å². The van der Waals surface area contributed by atoms with Crippen LogP contribution in [0, 0.1) is 46.7 Å². The molecule has 0 aliphatic heterocycles. The monoisotopic (exact) mass is 304 g/mol. The number of hydrogen-bond donors (Lipinski definition) is 1. The van der Waals surface area contributed by atoms with Gasteiger partial charge in [0.25, 0.3) is 0 Å². The number of nitrogens with zero attached hydrogens (tertiary/aromatic N) is 3. The number of halogens is 2. The van der Waals surface area contributed by atoms with E-state index in [0.717, 1.165) is 0 Å². The van der Waals surface area contributed by atoms with Gasteiger partial charge in [-0.15, -0.1) is 0 Å². The van der Waals surface area contributed by atoms with Crippen molar-refractivity contribution in [2.75, 3.05) is 5.32 Å². The third kappa shape index (κ3) is 2.66. The molecule has 0 amide bonds. The fourth-order valence-corrected chi connectivity index (χ4v) is 1.55. The highest BCUT2D eigenvalue weighted by atomic mass is 79.9. The van der Waals surface area contributed by atoms with Gasteiger partial charge in [-0.25, -0.2) is 4.39 Å². The smallest absolute Gasteiger partial charge is 0.163 e. The summed E-state index contributed by atoms with van der Waals surface area (Å²) in [4.78, 5) is 0. The molecule has 0 fully saturated rings. The summed E-state index contributed by atoms with van der Waals surface area (Å²) in [6.07, 6.45) is 0. The van der Waals surface area contributed by atoms with Crippen LogP contribution in [0.5, 0.6) is 0 Å². The molecule has 6 heteroatoms. The predicted octanol–water partition coefficient (Wildman–Crippen LogP) is 3.13. The molecule has 0 aliphatic rings. The second-order valence-electron chi connectivity index (χ2n) is 3.24. The fraction of sp³-hybridized carbons (Fsp3) is 0.0833. The highest BCUT2D eigenvalue weighted by Gasteiger charge is 2.11. The van der Waals surface area contributed by atoms with Crippen molar-refractivity contribution in [3.05, 3.63) is 39.3 Å². The highest BCUT2D eigenvalue weighted by Crippen LogP contribution is 2.27. The van der Waals surface area contributed by atoms with E-state index in [1.165, 1.54) is 12.1 Å².